The minimum atomic E-state index is -0.327. The lowest BCUT2D eigenvalue weighted by molar-refractivity contribution is 0.914. The summed E-state index contributed by atoms with van der Waals surface area (Å²) in [6.07, 6.45) is 9.21. The molecule has 1 aromatic rings. The van der Waals surface area contributed by atoms with Crippen molar-refractivity contribution in [2.75, 3.05) is 0 Å². The Hall–Kier alpha value is -1.12. The van der Waals surface area contributed by atoms with Crippen LogP contribution in [0.2, 0.25) is 0 Å². The second-order valence-electron chi connectivity index (χ2n) is 4.53. The quantitative estimate of drug-likeness (QED) is 0.783. The first-order chi connectivity index (χ1) is 8.33. The fourth-order valence-electron chi connectivity index (χ4n) is 2.27. The lowest BCUT2D eigenvalue weighted by atomic mass is 10.1. The van der Waals surface area contributed by atoms with E-state index in [0.29, 0.717) is 6.54 Å². The van der Waals surface area contributed by atoms with Crippen molar-refractivity contribution >= 4 is 14.7 Å². The molecule has 0 spiro atoms. The lowest BCUT2D eigenvalue weighted by Gasteiger charge is -2.12. The van der Waals surface area contributed by atoms with Crippen LogP contribution >= 0.6 is 0 Å². The van der Waals surface area contributed by atoms with Gasteiger partial charge in [-0.05, 0) is 12.0 Å². The Labute approximate surface area is 106 Å². The van der Waals surface area contributed by atoms with Crippen molar-refractivity contribution in [2.45, 2.75) is 26.3 Å². The monoisotopic (exact) mass is 242 g/mol. The fourth-order valence-corrected chi connectivity index (χ4v) is 4.10. The average Bonchev–Trinajstić information content (AvgIpc) is 2.78. The van der Waals surface area contributed by atoms with Crippen LogP contribution in [0.3, 0.4) is 0 Å². The number of hydrogen-bond donors (Lipinski definition) is 1. The highest BCUT2D eigenvalue weighted by Gasteiger charge is 2.15. The van der Waals surface area contributed by atoms with Gasteiger partial charge in [-0.2, -0.15) is 0 Å². The third kappa shape index (κ3) is 3.17. The molecule has 1 aliphatic carbocycles. The molecule has 0 aliphatic heterocycles. The van der Waals surface area contributed by atoms with Crippen molar-refractivity contribution < 1.29 is 0 Å². The topological polar surface area (TPSA) is 26.0 Å². The molecular formula is C15H20NSi. The normalized spacial score (nSPS) is 16.0. The summed E-state index contributed by atoms with van der Waals surface area (Å²) in [7, 11) is -0.327. The molecule has 0 amide bonds. The summed E-state index contributed by atoms with van der Waals surface area (Å²) in [5, 5.41) is 1.50. The Morgan fingerprint density at radius 1 is 1.29 bits per heavy atom. The molecule has 0 bridgehead atoms. The van der Waals surface area contributed by atoms with Gasteiger partial charge in [0.25, 0.3) is 0 Å². The van der Waals surface area contributed by atoms with Crippen LogP contribution in [0, 0.1) is 5.54 Å². The van der Waals surface area contributed by atoms with Crippen LogP contribution in [0.4, 0.5) is 0 Å². The maximum Gasteiger partial charge on any atom is 0.0717 e. The van der Waals surface area contributed by atoms with E-state index < -0.39 is 0 Å². The molecule has 1 aromatic carbocycles. The summed E-state index contributed by atoms with van der Waals surface area (Å²) in [6, 6.07) is 8.76. The van der Waals surface area contributed by atoms with Crippen LogP contribution in [-0.2, 0) is 6.54 Å². The van der Waals surface area contributed by atoms with Crippen LogP contribution in [0.15, 0.2) is 48.1 Å². The standard InChI is InChI=1S/C15H20NSi/c1-2-5-13-7-4-9-15(13)17-14-8-3-6-12(10-14)11-16/h3-4,6-10H,2,5,11,16-17H2,1H3. The Morgan fingerprint density at radius 2 is 2.18 bits per heavy atom. The molecule has 1 aliphatic rings. The third-order valence-electron chi connectivity index (χ3n) is 3.15. The van der Waals surface area contributed by atoms with Gasteiger partial charge in [-0.1, -0.05) is 66.6 Å². The van der Waals surface area contributed by atoms with E-state index in [9.17, 15) is 0 Å². The predicted molar refractivity (Wildman–Crippen MR) is 77.9 cm³/mol. The minimum absolute atomic E-state index is 0.327. The van der Waals surface area contributed by atoms with E-state index in [1.807, 2.05) is 0 Å². The Balaban J connectivity index is 2.05. The van der Waals surface area contributed by atoms with Crippen molar-refractivity contribution in [2.24, 2.45) is 5.73 Å². The van der Waals surface area contributed by atoms with Gasteiger partial charge >= 0.3 is 0 Å². The summed E-state index contributed by atoms with van der Waals surface area (Å²) >= 11 is 0. The lowest BCUT2D eigenvalue weighted by Crippen LogP contribution is -2.22. The van der Waals surface area contributed by atoms with Gasteiger partial charge in [0.2, 0.25) is 0 Å². The molecule has 0 aromatic heterocycles. The van der Waals surface area contributed by atoms with E-state index in [-0.39, 0.29) is 9.52 Å². The minimum Gasteiger partial charge on any atom is -0.326 e. The van der Waals surface area contributed by atoms with Crippen LogP contribution in [-0.4, -0.2) is 9.52 Å². The van der Waals surface area contributed by atoms with Gasteiger partial charge < -0.3 is 5.73 Å². The van der Waals surface area contributed by atoms with Gasteiger partial charge in [-0.15, -0.1) is 0 Å². The Kier molecular flexibility index (Phi) is 4.34. The molecule has 17 heavy (non-hydrogen) atoms. The van der Waals surface area contributed by atoms with Crippen molar-refractivity contribution in [3.8, 4) is 0 Å². The predicted octanol–water partition coefficient (Wildman–Crippen LogP) is 1.77. The third-order valence-corrected chi connectivity index (χ3v) is 5.07. The molecule has 0 fully saturated rings. The summed E-state index contributed by atoms with van der Waals surface area (Å²) in [6.45, 7) is 2.89. The molecule has 0 saturated heterocycles. The number of benzene rings is 1. The van der Waals surface area contributed by atoms with E-state index in [1.165, 1.54) is 23.6 Å². The number of hydrogen-bond acceptors (Lipinski definition) is 1. The van der Waals surface area contributed by atoms with Crippen LogP contribution < -0.4 is 10.9 Å². The molecule has 1 radical (unpaired) electrons. The largest absolute Gasteiger partial charge is 0.326 e. The van der Waals surface area contributed by atoms with Gasteiger partial charge in [0.15, 0.2) is 0 Å². The van der Waals surface area contributed by atoms with Gasteiger partial charge in [0.1, 0.15) is 0 Å². The van der Waals surface area contributed by atoms with Gasteiger partial charge in [-0.25, -0.2) is 0 Å². The smallest absolute Gasteiger partial charge is 0.0717 e. The van der Waals surface area contributed by atoms with Crippen LogP contribution in [0.25, 0.3) is 0 Å². The summed E-state index contributed by atoms with van der Waals surface area (Å²) in [5.74, 6) is 0. The molecule has 0 heterocycles. The van der Waals surface area contributed by atoms with E-state index in [2.05, 4.69) is 49.4 Å². The molecule has 2 N–H and O–H groups in total. The first kappa shape index (κ1) is 12.3. The summed E-state index contributed by atoms with van der Waals surface area (Å²) in [5.41, 5.74) is 10.1. The highest BCUT2D eigenvalue weighted by atomic mass is 28.2. The summed E-state index contributed by atoms with van der Waals surface area (Å²) < 4.78 is 0. The highest BCUT2D eigenvalue weighted by molar-refractivity contribution is 6.61. The van der Waals surface area contributed by atoms with Crippen molar-refractivity contribution in [3.05, 3.63) is 59.2 Å². The fraction of sp³-hybridized carbons (Fsp3) is 0.267. The maximum absolute atomic E-state index is 5.69. The van der Waals surface area contributed by atoms with Crippen LogP contribution in [0.1, 0.15) is 25.3 Å². The van der Waals surface area contributed by atoms with E-state index in [1.54, 1.807) is 11.1 Å². The second kappa shape index (κ2) is 5.99. The van der Waals surface area contributed by atoms with Gasteiger partial charge in [0.05, 0.1) is 9.52 Å². The molecule has 0 unspecified atom stereocenters. The first-order valence-corrected chi connectivity index (χ1v) is 7.76. The van der Waals surface area contributed by atoms with E-state index in [0.717, 1.165) is 0 Å². The van der Waals surface area contributed by atoms with E-state index >= 15 is 0 Å². The molecule has 0 atom stereocenters. The first-order valence-electron chi connectivity index (χ1n) is 6.34. The van der Waals surface area contributed by atoms with Gasteiger partial charge in [0, 0.05) is 12.1 Å². The molecule has 0 saturated carbocycles. The zero-order valence-corrected chi connectivity index (χ0v) is 11.9. The molecule has 1 nitrogen and oxygen atoms in total. The molecule has 2 heteroatoms. The zero-order chi connectivity index (χ0) is 12.1. The second-order valence-corrected chi connectivity index (χ2v) is 6.46. The number of allylic oxidation sites excluding steroid dienone is 4. The van der Waals surface area contributed by atoms with Crippen molar-refractivity contribution in [3.63, 3.8) is 0 Å². The number of nitrogens with two attached hydrogens (primary N) is 1. The average molecular weight is 242 g/mol. The summed E-state index contributed by atoms with van der Waals surface area (Å²) in [4.78, 5) is 0. The SMILES string of the molecule is CCCC1=CC=C[C]1[SiH2]c1cccc(CN)c1. The van der Waals surface area contributed by atoms with Crippen LogP contribution in [0.5, 0.6) is 0 Å². The molecule has 89 valence electrons. The van der Waals surface area contributed by atoms with E-state index in [4.69, 9.17) is 5.73 Å². The molecular weight excluding hydrogens is 222 g/mol. The highest BCUT2D eigenvalue weighted by Crippen LogP contribution is 2.24. The maximum atomic E-state index is 5.69. The van der Waals surface area contributed by atoms with Crippen molar-refractivity contribution in [1.82, 2.24) is 0 Å². The van der Waals surface area contributed by atoms with Crippen molar-refractivity contribution in [1.29, 1.82) is 0 Å². The van der Waals surface area contributed by atoms with Gasteiger partial charge in [-0.3, -0.25) is 0 Å². The Morgan fingerprint density at radius 3 is 2.94 bits per heavy atom. The number of rotatable bonds is 5. The Bertz CT molecular complexity index is 434. The zero-order valence-electron chi connectivity index (χ0n) is 10.4. The molecule has 2 rings (SSSR count).